The second kappa shape index (κ2) is 9.45. The van der Waals surface area contributed by atoms with E-state index in [1.54, 1.807) is 10.6 Å². The zero-order valence-electron chi connectivity index (χ0n) is 17.1. The van der Waals surface area contributed by atoms with Crippen LogP contribution in [0.3, 0.4) is 0 Å². The van der Waals surface area contributed by atoms with E-state index in [0.29, 0.717) is 21.9 Å². The molecule has 0 amide bonds. The summed E-state index contributed by atoms with van der Waals surface area (Å²) in [6.07, 6.45) is -1.55. The van der Waals surface area contributed by atoms with Gasteiger partial charge in [-0.05, 0) is 30.0 Å². The van der Waals surface area contributed by atoms with E-state index in [1.165, 1.54) is 35.2 Å². The van der Waals surface area contributed by atoms with Crippen molar-refractivity contribution in [1.82, 2.24) is 19.7 Å². The number of fused-ring (bicyclic) bond motifs is 1. The SMILES string of the molecule is CCCCCn1c(SCc2nc(-c3cccc(C(F)(F)F)c3)no2)nc2ccsc2c1=O. The van der Waals surface area contributed by atoms with Crippen molar-refractivity contribution in [2.24, 2.45) is 0 Å². The smallest absolute Gasteiger partial charge is 0.338 e. The van der Waals surface area contributed by atoms with E-state index >= 15 is 0 Å². The van der Waals surface area contributed by atoms with E-state index in [4.69, 9.17) is 4.52 Å². The van der Waals surface area contributed by atoms with Crippen LogP contribution >= 0.6 is 23.1 Å². The summed E-state index contributed by atoms with van der Waals surface area (Å²) in [5.74, 6) is 0.553. The first kappa shape index (κ1) is 22.5. The molecule has 3 heterocycles. The number of nitrogens with zero attached hydrogens (tertiary/aromatic N) is 4. The largest absolute Gasteiger partial charge is 0.416 e. The number of hydrogen-bond acceptors (Lipinski definition) is 7. The minimum atomic E-state index is -4.45. The van der Waals surface area contributed by atoms with Gasteiger partial charge in [0.1, 0.15) is 4.70 Å². The van der Waals surface area contributed by atoms with Gasteiger partial charge in [-0.3, -0.25) is 9.36 Å². The molecule has 0 bridgehead atoms. The molecule has 0 fully saturated rings. The van der Waals surface area contributed by atoms with Crippen molar-refractivity contribution in [2.45, 2.75) is 49.8 Å². The number of benzene rings is 1. The molecule has 0 spiro atoms. The van der Waals surface area contributed by atoms with Crippen LogP contribution in [0.5, 0.6) is 0 Å². The van der Waals surface area contributed by atoms with E-state index in [1.807, 2.05) is 5.38 Å². The van der Waals surface area contributed by atoms with Gasteiger partial charge in [0.15, 0.2) is 5.16 Å². The lowest BCUT2D eigenvalue weighted by Gasteiger charge is -2.10. The van der Waals surface area contributed by atoms with Crippen molar-refractivity contribution in [2.75, 3.05) is 0 Å². The maximum Gasteiger partial charge on any atom is 0.416 e. The molecule has 0 aliphatic heterocycles. The third-order valence-corrected chi connectivity index (χ3v) is 6.61. The van der Waals surface area contributed by atoms with Crippen LogP contribution in [0.2, 0.25) is 0 Å². The van der Waals surface area contributed by atoms with Crippen LogP contribution in [-0.4, -0.2) is 19.7 Å². The van der Waals surface area contributed by atoms with Crippen molar-refractivity contribution >= 4 is 33.3 Å². The Hall–Kier alpha value is -2.66. The lowest BCUT2D eigenvalue weighted by atomic mass is 10.1. The van der Waals surface area contributed by atoms with E-state index in [-0.39, 0.29) is 28.6 Å². The van der Waals surface area contributed by atoms with Crippen LogP contribution in [0, 0.1) is 0 Å². The van der Waals surface area contributed by atoms with Crippen molar-refractivity contribution in [3.05, 3.63) is 57.5 Å². The first-order valence-electron chi connectivity index (χ1n) is 9.98. The van der Waals surface area contributed by atoms with Crippen LogP contribution in [-0.2, 0) is 18.5 Å². The Kier molecular flexibility index (Phi) is 6.66. The minimum absolute atomic E-state index is 0.0706. The Morgan fingerprint density at radius 2 is 2.03 bits per heavy atom. The van der Waals surface area contributed by atoms with Crippen LogP contribution in [0.25, 0.3) is 21.6 Å². The van der Waals surface area contributed by atoms with Gasteiger partial charge >= 0.3 is 6.18 Å². The van der Waals surface area contributed by atoms with Crippen LogP contribution < -0.4 is 5.56 Å². The van der Waals surface area contributed by atoms with Gasteiger partial charge in [-0.1, -0.05) is 48.8 Å². The summed E-state index contributed by atoms with van der Waals surface area (Å²) < 4.78 is 46.4. The van der Waals surface area contributed by atoms with Gasteiger partial charge in [-0.15, -0.1) is 11.3 Å². The Labute approximate surface area is 189 Å². The highest BCUT2D eigenvalue weighted by molar-refractivity contribution is 7.98. The first-order chi connectivity index (χ1) is 15.4. The average Bonchev–Trinajstić information content (AvgIpc) is 3.43. The minimum Gasteiger partial charge on any atom is -0.338 e. The number of thioether (sulfide) groups is 1. The van der Waals surface area contributed by atoms with Gasteiger partial charge in [-0.25, -0.2) is 4.98 Å². The molecule has 0 N–H and O–H groups in total. The molecule has 4 rings (SSSR count). The average molecular weight is 481 g/mol. The highest BCUT2D eigenvalue weighted by Crippen LogP contribution is 2.32. The number of halogens is 3. The molecule has 0 radical (unpaired) electrons. The zero-order valence-corrected chi connectivity index (χ0v) is 18.7. The molecule has 0 aliphatic carbocycles. The number of aromatic nitrogens is 4. The number of alkyl halides is 3. The van der Waals surface area contributed by atoms with Crippen molar-refractivity contribution in [3.8, 4) is 11.4 Å². The highest BCUT2D eigenvalue weighted by Gasteiger charge is 2.30. The Bertz CT molecular complexity index is 1280. The summed E-state index contributed by atoms with van der Waals surface area (Å²) in [6, 6.07) is 6.58. The monoisotopic (exact) mass is 480 g/mol. The second-order valence-corrected chi connectivity index (χ2v) is 8.93. The maximum atomic E-state index is 13.0. The third kappa shape index (κ3) is 4.88. The molecule has 0 atom stereocenters. The van der Waals surface area contributed by atoms with Gasteiger partial charge in [0, 0.05) is 12.1 Å². The summed E-state index contributed by atoms with van der Waals surface area (Å²) in [5.41, 5.74) is 0.0115. The number of unbranched alkanes of at least 4 members (excludes halogenated alkanes) is 2. The van der Waals surface area contributed by atoms with Crippen LogP contribution in [0.15, 0.2) is 50.2 Å². The number of hydrogen-bond donors (Lipinski definition) is 0. The molecule has 1 aromatic carbocycles. The Morgan fingerprint density at radius 1 is 1.19 bits per heavy atom. The molecule has 6 nitrogen and oxygen atoms in total. The van der Waals surface area contributed by atoms with E-state index in [2.05, 4.69) is 22.0 Å². The quantitative estimate of drug-likeness (QED) is 0.175. The Balaban J connectivity index is 1.55. The molecule has 4 aromatic rings. The summed E-state index contributed by atoms with van der Waals surface area (Å²) in [7, 11) is 0. The third-order valence-electron chi connectivity index (χ3n) is 4.76. The number of thiophene rings is 1. The maximum absolute atomic E-state index is 13.0. The van der Waals surface area contributed by atoms with Crippen LogP contribution in [0.4, 0.5) is 13.2 Å². The Morgan fingerprint density at radius 3 is 2.81 bits per heavy atom. The van der Waals surface area contributed by atoms with E-state index < -0.39 is 11.7 Å². The summed E-state index contributed by atoms with van der Waals surface area (Å²) >= 11 is 2.65. The standard InChI is InChI=1S/C21H19F3N4O2S2/c1-2-3-4-9-28-19(29)17-15(8-10-31-17)25-20(28)32-12-16-26-18(27-30-16)13-6-5-7-14(11-13)21(22,23)24/h5-8,10-11H,2-4,9,12H2,1H3. The van der Waals surface area contributed by atoms with E-state index in [0.717, 1.165) is 31.4 Å². The molecule has 11 heteroatoms. The van der Waals surface area contributed by atoms with Crippen molar-refractivity contribution in [1.29, 1.82) is 0 Å². The van der Waals surface area contributed by atoms with Gasteiger partial charge in [0.05, 0.1) is 16.8 Å². The topological polar surface area (TPSA) is 73.8 Å². The van der Waals surface area contributed by atoms with Crippen molar-refractivity contribution < 1.29 is 17.7 Å². The van der Waals surface area contributed by atoms with Gasteiger partial charge in [0.25, 0.3) is 5.56 Å². The molecule has 0 saturated carbocycles. The van der Waals surface area contributed by atoms with Gasteiger partial charge in [-0.2, -0.15) is 18.2 Å². The fraction of sp³-hybridized carbons (Fsp3) is 0.333. The summed E-state index contributed by atoms with van der Waals surface area (Å²) in [4.78, 5) is 21.7. The lowest BCUT2D eigenvalue weighted by molar-refractivity contribution is -0.137. The molecule has 0 saturated heterocycles. The fourth-order valence-corrected chi connectivity index (χ4v) is 4.78. The van der Waals surface area contributed by atoms with Gasteiger partial charge in [0.2, 0.25) is 11.7 Å². The van der Waals surface area contributed by atoms with Crippen LogP contribution in [0.1, 0.15) is 37.6 Å². The fourth-order valence-electron chi connectivity index (χ4n) is 3.14. The molecule has 0 aliphatic rings. The van der Waals surface area contributed by atoms with Gasteiger partial charge < -0.3 is 4.52 Å². The summed E-state index contributed by atoms with van der Waals surface area (Å²) in [6.45, 7) is 2.66. The molecule has 168 valence electrons. The molecular weight excluding hydrogens is 461 g/mol. The van der Waals surface area contributed by atoms with Crippen molar-refractivity contribution in [3.63, 3.8) is 0 Å². The molecule has 0 unspecified atom stereocenters. The number of rotatable bonds is 8. The highest BCUT2D eigenvalue weighted by atomic mass is 32.2. The zero-order chi connectivity index (χ0) is 22.7. The lowest BCUT2D eigenvalue weighted by Crippen LogP contribution is -2.22. The molecular formula is C21H19F3N4O2S2. The predicted octanol–water partition coefficient (Wildman–Crippen LogP) is 6.01. The predicted molar refractivity (Wildman–Crippen MR) is 118 cm³/mol. The van der Waals surface area contributed by atoms with E-state index in [9.17, 15) is 18.0 Å². The normalized spacial score (nSPS) is 12.0. The molecule has 3 aromatic heterocycles. The first-order valence-corrected chi connectivity index (χ1v) is 11.8. The summed E-state index contributed by atoms with van der Waals surface area (Å²) in [5, 5.41) is 6.20. The second-order valence-electron chi connectivity index (χ2n) is 7.07. The molecule has 32 heavy (non-hydrogen) atoms.